The predicted molar refractivity (Wildman–Crippen MR) is 48.6 cm³/mol. The third-order valence-corrected chi connectivity index (χ3v) is 3.37. The van der Waals surface area contributed by atoms with Gasteiger partial charge in [-0.25, -0.2) is 4.79 Å². The summed E-state index contributed by atoms with van der Waals surface area (Å²) in [6.45, 7) is 0.649. The largest absolute Gasteiger partial charge is 0.477 e. The van der Waals surface area contributed by atoms with Gasteiger partial charge in [-0.3, -0.25) is 4.99 Å². The number of hydrogen-bond acceptors (Lipinski definition) is 3. The van der Waals surface area contributed by atoms with E-state index in [-0.39, 0.29) is 0 Å². The van der Waals surface area contributed by atoms with Gasteiger partial charge in [-0.15, -0.1) is 11.8 Å². The van der Waals surface area contributed by atoms with E-state index in [1.807, 2.05) is 0 Å². The summed E-state index contributed by atoms with van der Waals surface area (Å²) in [5, 5.41) is 11.2. The molecule has 0 amide bonds. The first kappa shape index (κ1) is 7.86. The molecule has 64 valence electrons. The Hall–Kier alpha value is -0.770. The number of carbonyl (C=O) groups is 1. The zero-order valence-electron chi connectivity index (χ0n) is 6.43. The van der Waals surface area contributed by atoms with Crippen LogP contribution in [0.1, 0.15) is 6.42 Å². The minimum absolute atomic E-state index is 0.340. The fourth-order valence-electron chi connectivity index (χ4n) is 1.48. The number of carboxylic acid groups (broad SMARTS) is 1. The number of rotatable bonds is 1. The van der Waals surface area contributed by atoms with Crippen LogP contribution in [0.5, 0.6) is 0 Å². The molecule has 2 heterocycles. The molecule has 0 radical (unpaired) electrons. The molecule has 4 heteroatoms. The molecule has 2 aliphatic rings. The fraction of sp³-hybridized carbons (Fsp3) is 0.500. The summed E-state index contributed by atoms with van der Waals surface area (Å²) in [4.78, 5) is 14.6. The van der Waals surface area contributed by atoms with Crippen LogP contribution in [0, 0.1) is 5.92 Å². The van der Waals surface area contributed by atoms with Gasteiger partial charge in [-0.2, -0.15) is 0 Å². The van der Waals surface area contributed by atoms with E-state index in [9.17, 15) is 4.79 Å². The lowest BCUT2D eigenvalue weighted by molar-refractivity contribution is -0.129. The smallest absolute Gasteiger partial charge is 0.349 e. The zero-order chi connectivity index (χ0) is 8.55. The second-order valence-corrected chi connectivity index (χ2v) is 4.11. The Morgan fingerprint density at radius 1 is 1.75 bits per heavy atom. The molecular weight excluding hydrogens is 174 g/mol. The van der Waals surface area contributed by atoms with Crippen molar-refractivity contribution in [1.82, 2.24) is 0 Å². The molecule has 0 aliphatic carbocycles. The lowest BCUT2D eigenvalue weighted by Gasteiger charge is -2.21. The van der Waals surface area contributed by atoms with Crippen molar-refractivity contribution in [2.24, 2.45) is 10.9 Å². The molecule has 0 aromatic heterocycles. The van der Waals surface area contributed by atoms with Crippen molar-refractivity contribution in [1.29, 1.82) is 0 Å². The van der Waals surface area contributed by atoms with E-state index in [2.05, 4.69) is 16.5 Å². The van der Waals surface area contributed by atoms with E-state index >= 15 is 0 Å². The van der Waals surface area contributed by atoms with Crippen molar-refractivity contribution >= 4 is 23.4 Å². The Labute approximate surface area is 74.6 Å². The van der Waals surface area contributed by atoms with Crippen molar-refractivity contribution in [3.63, 3.8) is 0 Å². The number of fused-ring (bicyclic) bond motifs is 1. The maximum absolute atomic E-state index is 10.6. The molecule has 3 nitrogen and oxygen atoms in total. The second-order valence-electron chi connectivity index (χ2n) is 2.96. The van der Waals surface area contributed by atoms with Crippen molar-refractivity contribution < 1.29 is 9.90 Å². The summed E-state index contributed by atoms with van der Waals surface area (Å²) in [5.41, 5.74) is 0.340. The number of aliphatic imine (C=N–C) groups is 1. The SMILES string of the molecule is O=C(O)C1=NCC2C=CSC2C1. The number of nitrogens with zero attached hydrogens (tertiary/aromatic N) is 1. The summed E-state index contributed by atoms with van der Waals surface area (Å²) in [6.07, 6.45) is 2.73. The maximum atomic E-state index is 10.6. The zero-order valence-corrected chi connectivity index (χ0v) is 7.25. The highest BCUT2D eigenvalue weighted by Crippen LogP contribution is 2.34. The predicted octanol–water partition coefficient (Wildman–Crippen LogP) is 1.16. The molecule has 0 spiro atoms. The number of thioether (sulfide) groups is 1. The quantitative estimate of drug-likeness (QED) is 0.663. The van der Waals surface area contributed by atoms with Gasteiger partial charge in [0.25, 0.3) is 0 Å². The molecule has 2 atom stereocenters. The lowest BCUT2D eigenvalue weighted by atomic mass is 9.98. The summed E-state index contributed by atoms with van der Waals surface area (Å²) < 4.78 is 0. The average Bonchev–Trinajstić information content (AvgIpc) is 2.49. The molecule has 12 heavy (non-hydrogen) atoms. The van der Waals surface area contributed by atoms with E-state index in [4.69, 9.17) is 5.11 Å². The van der Waals surface area contributed by atoms with Gasteiger partial charge in [-0.05, 0) is 5.41 Å². The Kier molecular flexibility index (Phi) is 1.92. The third-order valence-electron chi connectivity index (χ3n) is 2.19. The number of hydrogen-bond donors (Lipinski definition) is 1. The first-order valence-corrected chi connectivity index (χ1v) is 4.80. The van der Waals surface area contributed by atoms with Crippen molar-refractivity contribution in [2.75, 3.05) is 6.54 Å². The van der Waals surface area contributed by atoms with Crippen LogP contribution in [0.3, 0.4) is 0 Å². The molecule has 0 aromatic carbocycles. The van der Waals surface area contributed by atoms with Crippen LogP contribution >= 0.6 is 11.8 Å². The molecule has 0 saturated carbocycles. The van der Waals surface area contributed by atoms with Gasteiger partial charge in [0.15, 0.2) is 0 Å². The highest BCUT2D eigenvalue weighted by Gasteiger charge is 2.30. The normalized spacial score (nSPS) is 32.8. The van der Waals surface area contributed by atoms with Crippen LogP contribution in [-0.4, -0.2) is 28.6 Å². The lowest BCUT2D eigenvalue weighted by Crippen LogP contribution is -2.29. The van der Waals surface area contributed by atoms with E-state index in [1.165, 1.54) is 0 Å². The highest BCUT2D eigenvalue weighted by atomic mass is 32.2. The first-order chi connectivity index (χ1) is 5.77. The standard InChI is InChI=1S/C8H9NO2S/c10-8(11)6-3-7-5(4-9-6)1-2-12-7/h1-2,5,7H,3-4H2,(H,10,11). The van der Waals surface area contributed by atoms with Crippen LogP contribution in [0.2, 0.25) is 0 Å². The van der Waals surface area contributed by atoms with Crippen LogP contribution in [-0.2, 0) is 4.79 Å². The van der Waals surface area contributed by atoms with Crippen LogP contribution in [0.4, 0.5) is 0 Å². The Morgan fingerprint density at radius 2 is 2.58 bits per heavy atom. The van der Waals surface area contributed by atoms with Gasteiger partial charge in [0, 0.05) is 24.1 Å². The molecule has 2 aliphatic heterocycles. The molecular formula is C8H9NO2S. The van der Waals surface area contributed by atoms with Gasteiger partial charge in [0.2, 0.25) is 0 Å². The van der Waals surface area contributed by atoms with Gasteiger partial charge >= 0.3 is 5.97 Å². The van der Waals surface area contributed by atoms with Crippen molar-refractivity contribution in [3.8, 4) is 0 Å². The average molecular weight is 183 g/mol. The molecule has 0 saturated heterocycles. The summed E-state index contributed by atoms with van der Waals surface area (Å²) in [6, 6.07) is 0. The van der Waals surface area contributed by atoms with E-state index < -0.39 is 5.97 Å². The Bertz CT molecular complexity index is 272. The molecule has 0 bridgehead atoms. The van der Waals surface area contributed by atoms with E-state index in [0.29, 0.717) is 29.8 Å². The molecule has 2 unspecified atom stereocenters. The summed E-state index contributed by atoms with van der Waals surface area (Å²) in [7, 11) is 0. The Balaban J connectivity index is 2.11. The molecule has 2 rings (SSSR count). The second kappa shape index (κ2) is 2.94. The van der Waals surface area contributed by atoms with Crippen LogP contribution in [0.15, 0.2) is 16.5 Å². The van der Waals surface area contributed by atoms with Gasteiger partial charge < -0.3 is 5.11 Å². The third kappa shape index (κ3) is 1.27. The number of carboxylic acids is 1. The van der Waals surface area contributed by atoms with Gasteiger partial charge in [0.05, 0.1) is 0 Å². The van der Waals surface area contributed by atoms with Crippen LogP contribution < -0.4 is 0 Å². The van der Waals surface area contributed by atoms with Crippen LogP contribution in [0.25, 0.3) is 0 Å². The monoisotopic (exact) mass is 183 g/mol. The molecule has 0 fully saturated rings. The van der Waals surface area contributed by atoms with E-state index in [1.54, 1.807) is 11.8 Å². The topological polar surface area (TPSA) is 49.7 Å². The number of aliphatic carboxylic acids is 1. The van der Waals surface area contributed by atoms with Crippen molar-refractivity contribution in [2.45, 2.75) is 11.7 Å². The van der Waals surface area contributed by atoms with Gasteiger partial charge in [0.1, 0.15) is 5.71 Å². The molecule has 0 aromatic rings. The minimum Gasteiger partial charge on any atom is -0.477 e. The van der Waals surface area contributed by atoms with Gasteiger partial charge in [-0.1, -0.05) is 6.08 Å². The summed E-state index contributed by atoms with van der Waals surface area (Å²) in [5.74, 6) is -0.390. The fourth-order valence-corrected chi connectivity index (χ4v) is 2.60. The Morgan fingerprint density at radius 3 is 3.33 bits per heavy atom. The minimum atomic E-state index is -0.860. The highest BCUT2D eigenvalue weighted by molar-refractivity contribution is 8.03. The molecule has 1 N–H and O–H groups in total. The maximum Gasteiger partial charge on any atom is 0.349 e. The van der Waals surface area contributed by atoms with Crippen molar-refractivity contribution in [3.05, 3.63) is 11.5 Å². The summed E-state index contributed by atoms with van der Waals surface area (Å²) >= 11 is 1.72. The van der Waals surface area contributed by atoms with E-state index in [0.717, 1.165) is 0 Å². The first-order valence-electron chi connectivity index (χ1n) is 3.86.